The van der Waals surface area contributed by atoms with Crippen molar-refractivity contribution in [2.75, 3.05) is 20.8 Å². The van der Waals surface area contributed by atoms with Crippen molar-refractivity contribution >= 4 is 5.78 Å². The zero-order chi connectivity index (χ0) is 25.9. The lowest BCUT2D eigenvalue weighted by Gasteiger charge is -2.42. The highest BCUT2D eigenvalue weighted by Gasteiger charge is 2.36. The van der Waals surface area contributed by atoms with E-state index in [0.717, 1.165) is 40.8 Å². The molecule has 0 saturated carbocycles. The summed E-state index contributed by atoms with van der Waals surface area (Å²) in [4.78, 5) is 15.2. The van der Waals surface area contributed by atoms with Crippen LogP contribution in [0.5, 0.6) is 11.5 Å². The van der Waals surface area contributed by atoms with Gasteiger partial charge in [-0.2, -0.15) is 13.2 Å². The van der Waals surface area contributed by atoms with E-state index in [2.05, 4.69) is 4.90 Å². The molecule has 4 rings (SSSR count). The summed E-state index contributed by atoms with van der Waals surface area (Å²) >= 11 is 0. The molecule has 3 aromatic carbocycles. The lowest BCUT2D eigenvalue weighted by atomic mass is 9.85. The van der Waals surface area contributed by atoms with Gasteiger partial charge in [-0.25, -0.2) is 0 Å². The molecule has 3 aromatic rings. The highest BCUT2D eigenvalue weighted by molar-refractivity contribution is 5.83. The lowest BCUT2D eigenvalue weighted by molar-refractivity contribution is -0.137. The minimum Gasteiger partial charge on any atom is -0.493 e. The van der Waals surface area contributed by atoms with Crippen LogP contribution in [0.25, 0.3) is 0 Å². The Morgan fingerprint density at radius 2 is 1.64 bits per heavy atom. The topological polar surface area (TPSA) is 38.8 Å². The van der Waals surface area contributed by atoms with Gasteiger partial charge in [0.15, 0.2) is 17.3 Å². The van der Waals surface area contributed by atoms with Crippen LogP contribution in [0.1, 0.15) is 53.2 Å². The Hall–Kier alpha value is -3.32. The van der Waals surface area contributed by atoms with Gasteiger partial charge in [0.05, 0.1) is 25.8 Å². The normalized spacial score (nSPS) is 16.8. The molecule has 1 unspecified atom stereocenters. The van der Waals surface area contributed by atoms with Crippen LogP contribution in [0, 0.1) is 0 Å². The second-order valence-electron chi connectivity index (χ2n) is 9.07. The van der Waals surface area contributed by atoms with E-state index in [-0.39, 0.29) is 11.8 Å². The van der Waals surface area contributed by atoms with Gasteiger partial charge in [-0.1, -0.05) is 42.5 Å². The third-order valence-corrected chi connectivity index (χ3v) is 6.86. The molecule has 1 aliphatic rings. The molecule has 2 atom stereocenters. The van der Waals surface area contributed by atoms with Gasteiger partial charge in [0.1, 0.15) is 0 Å². The number of ketones is 1. The number of halogens is 3. The first kappa shape index (κ1) is 25.8. The van der Waals surface area contributed by atoms with Gasteiger partial charge >= 0.3 is 6.18 Å². The fourth-order valence-electron chi connectivity index (χ4n) is 5.14. The molecule has 0 radical (unpaired) electrons. The molecule has 1 aliphatic heterocycles. The molecule has 0 aliphatic carbocycles. The van der Waals surface area contributed by atoms with Crippen molar-refractivity contribution in [1.29, 1.82) is 0 Å². The van der Waals surface area contributed by atoms with Crippen LogP contribution in [0.3, 0.4) is 0 Å². The number of benzene rings is 3. The molecule has 0 N–H and O–H groups in total. The highest BCUT2D eigenvalue weighted by Crippen LogP contribution is 2.43. The molecule has 0 aromatic heterocycles. The first-order valence-corrected chi connectivity index (χ1v) is 11.9. The van der Waals surface area contributed by atoms with E-state index in [1.807, 2.05) is 42.5 Å². The summed E-state index contributed by atoms with van der Waals surface area (Å²) in [6, 6.07) is 18.4. The number of Topliss-reactive ketones (excluding diaryl/α,β-unsaturated/α-hetero) is 1. The fraction of sp³-hybridized carbons (Fsp3) is 0.345. The first-order chi connectivity index (χ1) is 17.2. The van der Waals surface area contributed by atoms with Crippen LogP contribution in [0.2, 0.25) is 0 Å². The van der Waals surface area contributed by atoms with Crippen molar-refractivity contribution in [3.8, 4) is 11.5 Å². The zero-order valence-electron chi connectivity index (χ0n) is 20.6. The molecule has 0 bridgehead atoms. The molecular formula is C29H30F3NO3. The summed E-state index contributed by atoms with van der Waals surface area (Å²) in [6.45, 7) is 2.27. The van der Waals surface area contributed by atoms with Crippen LogP contribution in [-0.4, -0.2) is 31.4 Å². The second-order valence-corrected chi connectivity index (χ2v) is 9.07. The molecule has 190 valence electrons. The largest absolute Gasteiger partial charge is 0.493 e. The monoisotopic (exact) mass is 497 g/mol. The van der Waals surface area contributed by atoms with Gasteiger partial charge in [-0.15, -0.1) is 0 Å². The average molecular weight is 498 g/mol. The summed E-state index contributed by atoms with van der Waals surface area (Å²) in [5.74, 6) is 1.30. The predicted octanol–water partition coefficient (Wildman–Crippen LogP) is 6.58. The van der Waals surface area contributed by atoms with Crippen molar-refractivity contribution in [1.82, 2.24) is 4.90 Å². The Morgan fingerprint density at radius 3 is 2.22 bits per heavy atom. The number of hydrogen-bond acceptors (Lipinski definition) is 4. The SMILES string of the molecule is COc1cc2c(cc1OC)C(CCc1ccc(C(F)(F)F)cc1)N([C@@H](C(C)=O)c1ccccc1)CC2. The van der Waals surface area contributed by atoms with Crippen molar-refractivity contribution in [2.24, 2.45) is 0 Å². The van der Waals surface area contributed by atoms with Crippen LogP contribution in [0.15, 0.2) is 66.7 Å². The van der Waals surface area contributed by atoms with Gasteiger partial charge in [0, 0.05) is 12.6 Å². The van der Waals surface area contributed by atoms with Gasteiger partial charge in [0.2, 0.25) is 0 Å². The summed E-state index contributed by atoms with van der Waals surface area (Å²) in [7, 11) is 3.19. The smallest absolute Gasteiger partial charge is 0.416 e. The molecule has 0 saturated heterocycles. The van der Waals surface area contributed by atoms with Crippen LogP contribution < -0.4 is 9.47 Å². The van der Waals surface area contributed by atoms with Crippen molar-refractivity contribution < 1.29 is 27.4 Å². The van der Waals surface area contributed by atoms with Gasteiger partial charge in [-0.05, 0) is 72.7 Å². The molecule has 4 nitrogen and oxygen atoms in total. The van der Waals surface area contributed by atoms with E-state index in [1.54, 1.807) is 21.1 Å². The highest BCUT2D eigenvalue weighted by atomic mass is 19.4. The first-order valence-electron chi connectivity index (χ1n) is 11.9. The minimum atomic E-state index is -4.36. The number of carbonyl (C=O) groups is 1. The van der Waals surface area contributed by atoms with Crippen molar-refractivity contribution in [3.63, 3.8) is 0 Å². The Kier molecular flexibility index (Phi) is 7.69. The molecule has 0 amide bonds. The van der Waals surface area contributed by atoms with Crippen molar-refractivity contribution in [2.45, 2.75) is 44.4 Å². The maximum atomic E-state index is 13.0. The Balaban J connectivity index is 1.71. The number of hydrogen-bond donors (Lipinski definition) is 0. The van der Waals surface area contributed by atoms with Crippen LogP contribution in [-0.2, 0) is 23.8 Å². The third-order valence-electron chi connectivity index (χ3n) is 6.86. The second kappa shape index (κ2) is 10.7. The van der Waals surface area contributed by atoms with E-state index in [0.29, 0.717) is 30.9 Å². The van der Waals surface area contributed by atoms with Crippen LogP contribution in [0.4, 0.5) is 13.2 Å². The molecule has 36 heavy (non-hydrogen) atoms. The average Bonchev–Trinajstić information content (AvgIpc) is 2.87. The van der Waals surface area contributed by atoms with Crippen molar-refractivity contribution in [3.05, 3.63) is 94.5 Å². The minimum absolute atomic E-state index is 0.0460. The van der Waals surface area contributed by atoms with E-state index in [4.69, 9.17) is 9.47 Å². The number of carbonyl (C=O) groups excluding carboxylic acids is 1. The Morgan fingerprint density at radius 1 is 1.00 bits per heavy atom. The number of nitrogens with zero attached hydrogens (tertiary/aromatic N) is 1. The summed E-state index contributed by atoms with van der Waals surface area (Å²) in [5, 5.41) is 0. The number of fused-ring (bicyclic) bond motifs is 1. The molecule has 1 heterocycles. The molecule has 7 heteroatoms. The quantitative estimate of drug-likeness (QED) is 0.352. The number of alkyl halides is 3. The Bertz CT molecular complexity index is 1190. The molecular weight excluding hydrogens is 467 g/mol. The van der Waals surface area contributed by atoms with E-state index in [1.165, 1.54) is 12.1 Å². The maximum Gasteiger partial charge on any atom is 0.416 e. The number of ether oxygens (including phenoxy) is 2. The van der Waals surface area contributed by atoms with E-state index in [9.17, 15) is 18.0 Å². The molecule has 0 spiro atoms. The number of aryl methyl sites for hydroxylation is 1. The summed E-state index contributed by atoms with van der Waals surface area (Å²) in [6.07, 6.45) is -2.43. The standard InChI is InChI=1S/C29H30F3NO3/c1-19(34)28(21-7-5-4-6-8-21)33-16-15-22-17-26(35-2)27(36-3)18-24(22)25(33)14-11-20-9-12-23(13-10-20)29(30,31)32/h4-10,12-13,17-18,25,28H,11,14-16H2,1-3H3/t25?,28-/m0/s1. The number of methoxy groups -OCH3 is 2. The van der Waals surface area contributed by atoms with Gasteiger partial charge in [-0.3, -0.25) is 9.69 Å². The summed E-state index contributed by atoms with van der Waals surface area (Å²) in [5.41, 5.74) is 3.25. The Labute approximate surface area is 209 Å². The summed E-state index contributed by atoms with van der Waals surface area (Å²) < 4.78 is 50.1. The maximum absolute atomic E-state index is 13.0. The number of rotatable bonds is 8. The van der Waals surface area contributed by atoms with Gasteiger partial charge < -0.3 is 9.47 Å². The third kappa shape index (κ3) is 5.41. The van der Waals surface area contributed by atoms with E-state index < -0.39 is 17.8 Å². The van der Waals surface area contributed by atoms with Crippen LogP contribution >= 0.6 is 0 Å². The van der Waals surface area contributed by atoms with E-state index >= 15 is 0 Å². The fourth-order valence-corrected chi connectivity index (χ4v) is 5.14. The zero-order valence-corrected chi connectivity index (χ0v) is 20.6. The lowest BCUT2D eigenvalue weighted by Crippen LogP contribution is -2.41. The van der Waals surface area contributed by atoms with Gasteiger partial charge in [0.25, 0.3) is 0 Å². The molecule has 0 fully saturated rings. The predicted molar refractivity (Wildman–Crippen MR) is 132 cm³/mol.